The number of carbonyl (C=O) groups excluding carboxylic acids is 2. The summed E-state index contributed by atoms with van der Waals surface area (Å²) in [7, 11) is -0.834. The lowest BCUT2D eigenvalue weighted by molar-refractivity contribution is -0.139. The molecule has 0 saturated heterocycles. The summed E-state index contributed by atoms with van der Waals surface area (Å²) < 4.78 is 17.6. The number of nitrogens with one attached hydrogen (secondary N) is 1. The molecule has 0 aliphatic rings. The number of hydrogen-bond donors (Lipinski definition) is 1. The minimum absolute atomic E-state index is 0.0225. The molecule has 7 nitrogen and oxygen atoms in total. The number of hydrogen-bond acceptors (Lipinski definition) is 6. The first kappa shape index (κ1) is 34.6. The summed E-state index contributed by atoms with van der Waals surface area (Å²) in [5.74, 6) is -0.277. The molecule has 0 heterocycles. The van der Waals surface area contributed by atoms with Gasteiger partial charge in [0.25, 0.3) is 0 Å². The maximum absolute atomic E-state index is 13.6. The zero-order valence-electron chi connectivity index (χ0n) is 26.7. The average Bonchev–Trinajstić information content (AvgIpc) is 2.83. The first-order chi connectivity index (χ1) is 18.8. The van der Waals surface area contributed by atoms with Gasteiger partial charge in [0.1, 0.15) is 5.60 Å². The van der Waals surface area contributed by atoms with Crippen LogP contribution in [0.2, 0.25) is 23.2 Å². The highest BCUT2D eigenvalue weighted by Crippen LogP contribution is 2.40. The topological polar surface area (TPSA) is 77.1 Å². The summed E-state index contributed by atoms with van der Waals surface area (Å²) in [5.41, 5.74) is 3.09. The van der Waals surface area contributed by atoms with E-state index in [0.717, 1.165) is 22.4 Å². The predicted molar refractivity (Wildman–Crippen MR) is 170 cm³/mol. The fraction of sp³-hybridized carbons (Fsp3) is 0.562. The van der Waals surface area contributed by atoms with Crippen molar-refractivity contribution < 1.29 is 23.5 Å². The van der Waals surface area contributed by atoms with Crippen molar-refractivity contribution >= 4 is 37.7 Å². The maximum Gasteiger partial charge on any atom is 0.410 e. The lowest BCUT2D eigenvalue weighted by Gasteiger charge is -2.41. The largest absolute Gasteiger partial charge is 0.469 e. The molecule has 1 N–H and O–H groups in total. The molecule has 0 saturated carbocycles. The maximum atomic E-state index is 13.6. The van der Waals surface area contributed by atoms with Crippen LogP contribution >= 0.6 is 11.6 Å². The Morgan fingerprint density at radius 2 is 1.71 bits per heavy atom. The van der Waals surface area contributed by atoms with Crippen molar-refractivity contribution in [3.63, 3.8) is 0 Å². The number of benzene rings is 2. The molecule has 0 aromatic heterocycles. The molecule has 0 fully saturated rings. The van der Waals surface area contributed by atoms with E-state index in [1.54, 1.807) is 4.90 Å². The van der Waals surface area contributed by atoms with Crippen molar-refractivity contribution in [2.45, 2.75) is 97.7 Å². The van der Waals surface area contributed by atoms with E-state index < -0.39 is 20.0 Å². The van der Waals surface area contributed by atoms with Crippen LogP contribution in [0.1, 0.15) is 71.3 Å². The second kappa shape index (κ2) is 14.1. The van der Waals surface area contributed by atoms with E-state index in [-0.39, 0.29) is 29.6 Å². The van der Waals surface area contributed by atoms with E-state index in [1.165, 1.54) is 7.11 Å². The molecule has 0 radical (unpaired) electrons. The van der Waals surface area contributed by atoms with Gasteiger partial charge in [-0.25, -0.2) is 4.79 Å². The Kier molecular flexibility index (Phi) is 11.9. The second-order valence-electron chi connectivity index (χ2n) is 13.2. The number of nitrogens with zero attached hydrogens (tertiary/aromatic N) is 1. The van der Waals surface area contributed by atoms with Gasteiger partial charge in [-0.2, -0.15) is 0 Å². The van der Waals surface area contributed by atoms with E-state index in [1.807, 2.05) is 77.1 Å². The van der Waals surface area contributed by atoms with Crippen LogP contribution in [0.5, 0.6) is 0 Å². The SMILES string of the molecule is COC(=O)Cc1ccc(NCC(C)N(CC(O[Si](C)(C)C(C)(C)C)c2cccc(Cl)c2)C(=O)OC(C)(C)C)c(C)c1. The summed E-state index contributed by atoms with van der Waals surface area (Å²) in [6, 6.07) is 13.3. The molecule has 0 aliphatic carbocycles. The van der Waals surface area contributed by atoms with Gasteiger partial charge in [0.15, 0.2) is 8.32 Å². The molecule has 0 aliphatic heterocycles. The molecule has 228 valence electrons. The highest BCUT2D eigenvalue weighted by atomic mass is 35.5. The Morgan fingerprint density at radius 1 is 1.05 bits per heavy atom. The molecule has 2 aromatic carbocycles. The summed E-state index contributed by atoms with van der Waals surface area (Å²) in [6.45, 7) is 21.4. The fourth-order valence-corrected chi connectivity index (χ4v) is 5.50. The van der Waals surface area contributed by atoms with Crippen LogP contribution in [-0.2, 0) is 25.1 Å². The van der Waals surface area contributed by atoms with E-state index in [2.05, 4.69) is 39.2 Å². The third-order valence-electron chi connectivity index (χ3n) is 7.44. The average molecular weight is 605 g/mol. The monoisotopic (exact) mass is 604 g/mol. The van der Waals surface area contributed by atoms with Gasteiger partial charge in [-0.05, 0) is 87.6 Å². The molecule has 0 spiro atoms. The van der Waals surface area contributed by atoms with Crippen molar-refractivity contribution in [1.82, 2.24) is 4.90 Å². The zero-order valence-corrected chi connectivity index (χ0v) is 28.4. The minimum Gasteiger partial charge on any atom is -0.469 e. The van der Waals surface area contributed by atoms with Crippen LogP contribution in [-0.4, -0.2) is 57.1 Å². The van der Waals surface area contributed by atoms with Crippen LogP contribution in [0.15, 0.2) is 42.5 Å². The third kappa shape index (κ3) is 10.7. The first-order valence-electron chi connectivity index (χ1n) is 14.2. The number of halogens is 1. The lowest BCUT2D eigenvalue weighted by Crippen LogP contribution is -2.49. The van der Waals surface area contributed by atoms with Crippen molar-refractivity contribution in [3.8, 4) is 0 Å². The van der Waals surface area contributed by atoms with Crippen molar-refractivity contribution in [2.24, 2.45) is 0 Å². The Balaban J connectivity index is 2.36. The lowest BCUT2D eigenvalue weighted by atomic mass is 10.1. The smallest absolute Gasteiger partial charge is 0.410 e. The minimum atomic E-state index is -2.22. The summed E-state index contributed by atoms with van der Waals surface area (Å²) >= 11 is 6.39. The molecular weight excluding hydrogens is 556 g/mol. The highest BCUT2D eigenvalue weighted by molar-refractivity contribution is 6.74. The van der Waals surface area contributed by atoms with Crippen molar-refractivity contribution in [1.29, 1.82) is 0 Å². The number of carbonyl (C=O) groups is 2. The molecule has 2 rings (SSSR count). The van der Waals surface area contributed by atoms with E-state index >= 15 is 0 Å². The number of anilines is 1. The van der Waals surface area contributed by atoms with E-state index in [4.69, 9.17) is 25.5 Å². The predicted octanol–water partition coefficient (Wildman–Crippen LogP) is 8.16. The fourth-order valence-electron chi connectivity index (χ4n) is 4.02. The molecule has 0 bridgehead atoms. The van der Waals surface area contributed by atoms with Gasteiger partial charge < -0.3 is 24.1 Å². The Morgan fingerprint density at radius 3 is 2.24 bits per heavy atom. The number of methoxy groups -OCH3 is 1. The Labute approximate surface area is 253 Å². The van der Waals surface area contributed by atoms with E-state index in [9.17, 15) is 9.59 Å². The molecule has 2 unspecified atom stereocenters. The molecular formula is C32H49ClN2O5Si. The molecule has 1 amide bonds. The van der Waals surface area contributed by atoms with Crippen LogP contribution in [0, 0.1) is 6.92 Å². The molecule has 2 atom stereocenters. The summed E-state index contributed by atoms with van der Waals surface area (Å²) in [4.78, 5) is 27.0. The normalized spacial score (nSPS) is 13.8. The van der Waals surface area contributed by atoms with Gasteiger partial charge in [0.05, 0.1) is 26.2 Å². The van der Waals surface area contributed by atoms with Crippen molar-refractivity contribution in [2.75, 3.05) is 25.5 Å². The first-order valence-corrected chi connectivity index (χ1v) is 17.4. The number of ether oxygens (including phenoxy) is 2. The number of esters is 1. The summed E-state index contributed by atoms with van der Waals surface area (Å²) in [5, 5.41) is 4.08. The zero-order chi connectivity index (χ0) is 31.2. The highest BCUT2D eigenvalue weighted by Gasteiger charge is 2.41. The van der Waals surface area contributed by atoms with Crippen LogP contribution in [0.25, 0.3) is 0 Å². The van der Waals surface area contributed by atoms with Gasteiger partial charge in [0.2, 0.25) is 0 Å². The van der Waals surface area contributed by atoms with E-state index in [0.29, 0.717) is 18.1 Å². The quantitative estimate of drug-likeness (QED) is 0.206. The van der Waals surface area contributed by atoms with Crippen molar-refractivity contribution in [3.05, 3.63) is 64.2 Å². The van der Waals surface area contributed by atoms with Crippen LogP contribution in [0.4, 0.5) is 10.5 Å². The van der Waals surface area contributed by atoms with Gasteiger partial charge in [-0.3, -0.25) is 4.79 Å². The Bertz CT molecular complexity index is 1190. The van der Waals surface area contributed by atoms with Gasteiger partial charge >= 0.3 is 12.1 Å². The third-order valence-corrected chi connectivity index (χ3v) is 12.2. The summed E-state index contributed by atoms with van der Waals surface area (Å²) in [6.07, 6.45) is -0.564. The molecule has 2 aromatic rings. The Hall–Kier alpha value is -2.55. The van der Waals surface area contributed by atoms with Gasteiger partial charge in [0, 0.05) is 23.3 Å². The number of aryl methyl sites for hydroxylation is 1. The standard InChI is InChI=1S/C32H49ClN2O5Si/c1-22-17-24(18-29(36)38-9)15-16-27(22)34-20-23(2)35(30(37)39-31(3,4)5)21-28(25-13-12-14-26(33)19-25)40-41(10,11)32(6,7)8/h12-17,19,23,28,34H,18,20-21H2,1-11H3. The van der Waals surface area contributed by atoms with Crippen LogP contribution < -0.4 is 5.32 Å². The number of amides is 1. The molecule has 9 heteroatoms. The second-order valence-corrected chi connectivity index (χ2v) is 18.4. The molecule has 41 heavy (non-hydrogen) atoms. The van der Waals surface area contributed by atoms with Gasteiger partial charge in [-0.15, -0.1) is 0 Å². The van der Waals surface area contributed by atoms with Gasteiger partial charge in [-0.1, -0.05) is 56.6 Å². The van der Waals surface area contributed by atoms with Crippen LogP contribution in [0.3, 0.4) is 0 Å². The number of rotatable bonds is 11.